The summed E-state index contributed by atoms with van der Waals surface area (Å²) in [6, 6.07) is 6.96. The summed E-state index contributed by atoms with van der Waals surface area (Å²) in [5.41, 5.74) is 4.38. The van der Waals surface area contributed by atoms with Gasteiger partial charge in [0.15, 0.2) is 0 Å². The number of ether oxygens (including phenoxy) is 1. The Morgan fingerprint density at radius 3 is 2.53 bits per heavy atom. The Hall–Kier alpha value is -2.12. The van der Waals surface area contributed by atoms with E-state index >= 15 is 0 Å². The number of methoxy groups -OCH3 is 1. The summed E-state index contributed by atoms with van der Waals surface area (Å²) in [5.74, 6) is -0.361. The molecular weight excluding hydrogens is 250 g/mol. The van der Waals surface area contributed by atoms with Crippen LogP contribution in [0.15, 0.2) is 24.3 Å². The minimum atomic E-state index is -0.361. The molecule has 0 unspecified atom stereocenters. The Morgan fingerprint density at radius 2 is 2.05 bits per heavy atom. The molecule has 0 atom stereocenters. The van der Waals surface area contributed by atoms with Crippen molar-refractivity contribution in [2.45, 2.75) is 6.54 Å². The molecule has 0 saturated carbocycles. The number of rotatable bonds is 3. The lowest BCUT2D eigenvalue weighted by Gasteiger charge is -2.14. The molecule has 3 N–H and O–H groups in total. The molecule has 0 aromatic heterocycles. The SMILES string of the molecule is COC(=O)c1ccc(CN2CNN(C)C2=O)cc1.O.[HH]. The van der Waals surface area contributed by atoms with E-state index in [1.165, 1.54) is 12.1 Å². The molecule has 1 aliphatic heterocycles. The number of hydrazine groups is 1. The van der Waals surface area contributed by atoms with Crippen molar-refractivity contribution >= 4 is 12.0 Å². The minimum absolute atomic E-state index is 0. The molecule has 7 heteroatoms. The molecule has 19 heavy (non-hydrogen) atoms. The van der Waals surface area contributed by atoms with Crippen molar-refractivity contribution in [1.29, 1.82) is 0 Å². The zero-order valence-corrected chi connectivity index (χ0v) is 10.8. The number of hydrogen-bond donors (Lipinski definition) is 1. The fourth-order valence-corrected chi connectivity index (χ4v) is 1.75. The average molecular weight is 269 g/mol. The standard InChI is InChI=1S/C12H15N3O3.H2O.H2/c1-14-12(17)15(8-13-14)7-9-3-5-10(6-4-9)11(16)18-2;;/h3-6,13H,7-8H2,1-2H3;1H2;1H. The molecule has 1 aromatic rings. The fraction of sp³-hybridized carbons (Fsp3) is 0.333. The molecule has 106 valence electrons. The Labute approximate surface area is 112 Å². The number of benzene rings is 1. The van der Waals surface area contributed by atoms with E-state index in [-0.39, 0.29) is 18.9 Å². The third-order valence-electron chi connectivity index (χ3n) is 2.80. The van der Waals surface area contributed by atoms with Crippen LogP contribution in [0.2, 0.25) is 0 Å². The zero-order chi connectivity index (χ0) is 13.1. The summed E-state index contributed by atoms with van der Waals surface area (Å²) in [6.07, 6.45) is 0. The van der Waals surface area contributed by atoms with Crippen LogP contribution in [-0.4, -0.2) is 48.2 Å². The van der Waals surface area contributed by atoms with Gasteiger partial charge < -0.3 is 15.1 Å². The lowest BCUT2D eigenvalue weighted by atomic mass is 10.1. The predicted octanol–water partition coefficient (Wildman–Crippen LogP) is 0.224. The Morgan fingerprint density at radius 1 is 1.42 bits per heavy atom. The summed E-state index contributed by atoms with van der Waals surface area (Å²) in [5, 5.41) is 1.45. The Balaban J connectivity index is 0.00000180. The van der Waals surface area contributed by atoms with Gasteiger partial charge in [0, 0.05) is 15.0 Å². The molecular formula is C12H19N3O4. The van der Waals surface area contributed by atoms with Gasteiger partial charge in [0.1, 0.15) is 0 Å². The van der Waals surface area contributed by atoms with Gasteiger partial charge >= 0.3 is 12.0 Å². The summed E-state index contributed by atoms with van der Waals surface area (Å²) in [7, 11) is 3.03. The second kappa shape index (κ2) is 6.17. The molecule has 0 aliphatic carbocycles. The number of nitrogens with zero attached hydrogens (tertiary/aromatic N) is 2. The third-order valence-corrected chi connectivity index (χ3v) is 2.80. The minimum Gasteiger partial charge on any atom is -0.465 e. The van der Waals surface area contributed by atoms with Crippen LogP contribution in [0.1, 0.15) is 17.3 Å². The van der Waals surface area contributed by atoms with Crippen molar-refractivity contribution in [1.82, 2.24) is 15.3 Å². The first-order chi connectivity index (χ1) is 8.61. The maximum absolute atomic E-state index is 11.6. The fourth-order valence-electron chi connectivity index (χ4n) is 1.75. The van der Waals surface area contributed by atoms with Crippen LogP contribution in [0.4, 0.5) is 4.79 Å². The summed E-state index contributed by atoms with van der Waals surface area (Å²) < 4.78 is 4.62. The van der Waals surface area contributed by atoms with Gasteiger partial charge in [-0.05, 0) is 17.7 Å². The number of carbonyl (C=O) groups excluding carboxylic acids is 2. The highest BCUT2D eigenvalue weighted by molar-refractivity contribution is 5.89. The molecule has 0 spiro atoms. The van der Waals surface area contributed by atoms with Crippen LogP contribution in [0.3, 0.4) is 0 Å². The second-order valence-corrected chi connectivity index (χ2v) is 4.04. The highest BCUT2D eigenvalue weighted by Crippen LogP contribution is 2.11. The van der Waals surface area contributed by atoms with Gasteiger partial charge in [0.2, 0.25) is 0 Å². The van der Waals surface area contributed by atoms with E-state index < -0.39 is 0 Å². The van der Waals surface area contributed by atoms with Gasteiger partial charge in [-0.25, -0.2) is 15.0 Å². The van der Waals surface area contributed by atoms with Gasteiger partial charge in [-0.2, -0.15) is 0 Å². The molecule has 2 amide bonds. The van der Waals surface area contributed by atoms with Crippen LogP contribution >= 0.6 is 0 Å². The molecule has 1 saturated heterocycles. The zero-order valence-electron chi connectivity index (χ0n) is 10.8. The molecule has 1 aromatic carbocycles. The first kappa shape index (κ1) is 14.9. The maximum Gasteiger partial charge on any atom is 0.337 e. The van der Waals surface area contributed by atoms with Crippen molar-refractivity contribution in [3.05, 3.63) is 35.4 Å². The monoisotopic (exact) mass is 269 g/mol. The lowest BCUT2D eigenvalue weighted by molar-refractivity contribution is 0.0600. The number of carbonyl (C=O) groups is 2. The van der Waals surface area contributed by atoms with Crippen molar-refractivity contribution in [2.24, 2.45) is 0 Å². The van der Waals surface area contributed by atoms with Crippen molar-refractivity contribution < 1.29 is 21.2 Å². The largest absolute Gasteiger partial charge is 0.465 e. The number of urea groups is 1. The van der Waals surface area contributed by atoms with Gasteiger partial charge in [-0.3, -0.25) is 5.01 Å². The molecule has 0 bridgehead atoms. The predicted molar refractivity (Wildman–Crippen MR) is 70.2 cm³/mol. The van der Waals surface area contributed by atoms with E-state index in [0.717, 1.165) is 5.56 Å². The van der Waals surface area contributed by atoms with Crippen molar-refractivity contribution in [3.8, 4) is 0 Å². The highest BCUT2D eigenvalue weighted by atomic mass is 16.5. The maximum atomic E-state index is 11.6. The van der Waals surface area contributed by atoms with E-state index in [1.807, 2.05) is 12.1 Å². The molecule has 1 fully saturated rings. The lowest BCUT2D eigenvalue weighted by Crippen LogP contribution is -2.30. The molecule has 0 radical (unpaired) electrons. The highest BCUT2D eigenvalue weighted by Gasteiger charge is 2.24. The Bertz CT molecular complexity index is 466. The number of amides is 2. The normalized spacial score (nSPS) is 14.3. The van der Waals surface area contributed by atoms with Crippen LogP contribution in [0.25, 0.3) is 0 Å². The number of hydrogen-bond acceptors (Lipinski definition) is 4. The van der Waals surface area contributed by atoms with Crippen LogP contribution in [0.5, 0.6) is 0 Å². The molecule has 7 nitrogen and oxygen atoms in total. The topological polar surface area (TPSA) is 93.4 Å². The van der Waals surface area contributed by atoms with E-state index in [1.54, 1.807) is 24.1 Å². The van der Waals surface area contributed by atoms with Gasteiger partial charge in [-0.1, -0.05) is 12.1 Å². The molecule has 1 aliphatic rings. The summed E-state index contributed by atoms with van der Waals surface area (Å²) in [6.45, 7) is 1.01. The van der Waals surface area contributed by atoms with Crippen molar-refractivity contribution in [3.63, 3.8) is 0 Å². The van der Waals surface area contributed by atoms with Gasteiger partial charge in [-0.15, -0.1) is 0 Å². The second-order valence-electron chi connectivity index (χ2n) is 4.04. The molecule has 1 heterocycles. The summed E-state index contributed by atoms with van der Waals surface area (Å²) >= 11 is 0. The third kappa shape index (κ3) is 3.21. The number of nitrogens with one attached hydrogen (secondary N) is 1. The van der Waals surface area contributed by atoms with Gasteiger partial charge in [0.25, 0.3) is 0 Å². The van der Waals surface area contributed by atoms with Crippen molar-refractivity contribution in [2.75, 3.05) is 20.8 Å². The van der Waals surface area contributed by atoms with E-state index in [0.29, 0.717) is 18.8 Å². The number of esters is 1. The quantitative estimate of drug-likeness (QED) is 0.794. The van der Waals surface area contributed by atoms with Gasteiger partial charge in [0.05, 0.1) is 19.3 Å². The van der Waals surface area contributed by atoms with Crippen LogP contribution in [-0.2, 0) is 11.3 Å². The van der Waals surface area contributed by atoms with Crippen LogP contribution < -0.4 is 5.43 Å². The smallest absolute Gasteiger partial charge is 0.337 e. The van der Waals surface area contributed by atoms with E-state index in [2.05, 4.69) is 10.2 Å². The van der Waals surface area contributed by atoms with E-state index in [4.69, 9.17) is 0 Å². The Kier molecular flexibility index (Phi) is 4.85. The van der Waals surface area contributed by atoms with Crippen LogP contribution in [0, 0.1) is 0 Å². The van der Waals surface area contributed by atoms with E-state index in [9.17, 15) is 9.59 Å². The first-order valence-electron chi connectivity index (χ1n) is 5.55. The molecule has 2 rings (SSSR count). The summed E-state index contributed by atoms with van der Waals surface area (Å²) in [4.78, 5) is 24.6. The average Bonchev–Trinajstić information content (AvgIpc) is 2.71. The first-order valence-corrected chi connectivity index (χ1v) is 5.55.